The largest absolute Gasteiger partial charge is 0.489 e. The number of rotatable bonds is 4. The van der Waals surface area contributed by atoms with E-state index in [1.54, 1.807) is 30.9 Å². The summed E-state index contributed by atoms with van der Waals surface area (Å²) < 4.78 is 6.45. The number of carbonyl (C=O) groups is 1. The monoisotopic (exact) mass is 275 g/mol. The van der Waals surface area contributed by atoms with E-state index in [9.17, 15) is 14.8 Å². The molecule has 20 heavy (non-hydrogen) atoms. The van der Waals surface area contributed by atoms with Crippen LogP contribution in [0.3, 0.4) is 0 Å². The van der Waals surface area contributed by atoms with Crippen molar-refractivity contribution in [2.75, 3.05) is 6.61 Å². The van der Waals surface area contributed by atoms with Gasteiger partial charge in [-0.2, -0.15) is 5.10 Å². The third kappa shape index (κ3) is 2.86. The first-order chi connectivity index (χ1) is 9.52. The molecule has 0 aliphatic rings. The highest BCUT2D eigenvalue weighted by atomic mass is 16.5. The maximum Gasteiger partial charge on any atom is 0.489 e. The summed E-state index contributed by atoms with van der Waals surface area (Å²) in [7, 11) is -0.0296. The highest BCUT2D eigenvalue weighted by Crippen LogP contribution is 2.13. The van der Waals surface area contributed by atoms with Crippen LogP contribution in [0.2, 0.25) is 0 Å². The number of esters is 1. The second-order valence-electron chi connectivity index (χ2n) is 4.13. The summed E-state index contributed by atoms with van der Waals surface area (Å²) in [5, 5.41) is 23.0. The SMILES string of the molecule is CCOC(=O)c1cnc(-c2ccn(C)n2)cc1B(O)O. The summed E-state index contributed by atoms with van der Waals surface area (Å²) >= 11 is 0. The smallest absolute Gasteiger partial charge is 0.462 e. The second-order valence-corrected chi connectivity index (χ2v) is 4.13. The summed E-state index contributed by atoms with van der Waals surface area (Å²) in [5.41, 5.74) is 1.09. The number of aryl methyl sites for hydroxylation is 1. The molecule has 0 unspecified atom stereocenters. The van der Waals surface area contributed by atoms with E-state index in [4.69, 9.17) is 4.74 Å². The van der Waals surface area contributed by atoms with Crippen molar-refractivity contribution < 1.29 is 19.6 Å². The number of hydrogen-bond donors (Lipinski definition) is 2. The number of aromatic nitrogens is 3. The van der Waals surface area contributed by atoms with Crippen LogP contribution in [-0.4, -0.2) is 44.5 Å². The molecule has 0 saturated carbocycles. The average Bonchev–Trinajstić information content (AvgIpc) is 2.85. The van der Waals surface area contributed by atoms with Crippen molar-refractivity contribution >= 4 is 18.6 Å². The Labute approximate surface area is 116 Å². The molecule has 0 atom stereocenters. The number of nitrogens with zero attached hydrogens (tertiary/aromatic N) is 3. The standard InChI is InChI=1S/C12H14BN3O4/c1-3-20-12(17)8-7-14-11(6-9(8)13(18)19)10-4-5-16(2)15-10/h4-7,18-19H,3H2,1-2H3. The lowest BCUT2D eigenvalue weighted by atomic mass is 9.77. The predicted octanol–water partition coefficient (Wildman–Crippen LogP) is -0.661. The minimum atomic E-state index is -1.79. The lowest BCUT2D eigenvalue weighted by Gasteiger charge is -2.09. The summed E-state index contributed by atoms with van der Waals surface area (Å²) in [6.45, 7) is 1.87. The Kier molecular flexibility index (Phi) is 4.16. The van der Waals surface area contributed by atoms with Gasteiger partial charge in [-0.3, -0.25) is 9.67 Å². The van der Waals surface area contributed by atoms with Crippen molar-refractivity contribution in [3.63, 3.8) is 0 Å². The number of carbonyl (C=O) groups excluding carboxylic acids is 1. The minimum Gasteiger partial charge on any atom is -0.462 e. The maximum absolute atomic E-state index is 11.7. The van der Waals surface area contributed by atoms with Crippen LogP contribution >= 0.6 is 0 Å². The van der Waals surface area contributed by atoms with Crippen LogP contribution in [0.5, 0.6) is 0 Å². The summed E-state index contributed by atoms with van der Waals surface area (Å²) in [5.74, 6) is -0.643. The topological polar surface area (TPSA) is 97.5 Å². The van der Waals surface area contributed by atoms with Gasteiger partial charge in [0.05, 0.1) is 17.9 Å². The van der Waals surface area contributed by atoms with Crippen LogP contribution < -0.4 is 5.46 Å². The van der Waals surface area contributed by atoms with E-state index >= 15 is 0 Å². The highest BCUT2D eigenvalue weighted by Gasteiger charge is 2.23. The molecule has 2 rings (SSSR count). The third-order valence-electron chi connectivity index (χ3n) is 2.69. The first kappa shape index (κ1) is 14.2. The van der Waals surface area contributed by atoms with Gasteiger partial charge >= 0.3 is 13.1 Å². The van der Waals surface area contributed by atoms with Crippen LogP contribution in [0, 0.1) is 0 Å². The van der Waals surface area contributed by atoms with Crippen LogP contribution in [0.1, 0.15) is 17.3 Å². The molecule has 2 N–H and O–H groups in total. The maximum atomic E-state index is 11.7. The molecular weight excluding hydrogens is 261 g/mol. The van der Waals surface area contributed by atoms with Gasteiger partial charge < -0.3 is 14.8 Å². The molecule has 104 valence electrons. The fraction of sp³-hybridized carbons (Fsp3) is 0.250. The van der Waals surface area contributed by atoms with E-state index in [1.165, 1.54) is 12.3 Å². The van der Waals surface area contributed by atoms with Crippen molar-refractivity contribution in [3.8, 4) is 11.4 Å². The van der Waals surface area contributed by atoms with Gasteiger partial charge in [0.1, 0.15) is 5.69 Å². The van der Waals surface area contributed by atoms with E-state index in [-0.39, 0.29) is 17.6 Å². The zero-order valence-corrected chi connectivity index (χ0v) is 11.1. The molecule has 0 aliphatic heterocycles. The minimum absolute atomic E-state index is 0.0292. The van der Waals surface area contributed by atoms with Gasteiger partial charge in [0.25, 0.3) is 0 Å². The Morgan fingerprint density at radius 1 is 1.45 bits per heavy atom. The molecule has 2 aromatic heterocycles. The van der Waals surface area contributed by atoms with E-state index in [1.807, 2.05) is 0 Å². The predicted molar refractivity (Wildman–Crippen MR) is 72.2 cm³/mol. The van der Waals surface area contributed by atoms with E-state index in [0.717, 1.165) is 0 Å². The molecule has 0 saturated heterocycles. The Morgan fingerprint density at radius 2 is 2.20 bits per heavy atom. The number of ether oxygens (including phenoxy) is 1. The molecule has 0 radical (unpaired) electrons. The van der Waals surface area contributed by atoms with Crippen LogP contribution in [0.4, 0.5) is 0 Å². The van der Waals surface area contributed by atoms with Gasteiger partial charge in [0.2, 0.25) is 0 Å². The zero-order chi connectivity index (χ0) is 14.7. The molecule has 0 spiro atoms. The molecule has 0 amide bonds. The third-order valence-corrected chi connectivity index (χ3v) is 2.69. The fourth-order valence-corrected chi connectivity index (χ4v) is 1.76. The molecule has 0 bridgehead atoms. The van der Waals surface area contributed by atoms with Crippen LogP contribution in [-0.2, 0) is 11.8 Å². The zero-order valence-electron chi connectivity index (χ0n) is 11.1. The van der Waals surface area contributed by atoms with Crippen molar-refractivity contribution in [1.82, 2.24) is 14.8 Å². The number of hydrogen-bond acceptors (Lipinski definition) is 6. The van der Waals surface area contributed by atoms with Crippen molar-refractivity contribution in [1.29, 1.82) is 0 Å². The summed E-state index contributed by atoms with van der Waals surface area (Å²) in [6, 6.07) is 3.15. The molecule has 8 heteroatoms. The van der Waals surface area contributed by atoms with Crippen LogP contribution in [0.25, 0.3) is 11.4 Å². The van der Waals surface area contributed by atoms with Gasteiger partial charge in [0, 0.05) is 24.9 Å². The Balaban J connectivity index is 2.45. The van der Waals surface area contributed by atoms with Gasteiger partial charge in [-0.05, 0) is 19.1 Å². The Hall–Kier alpha value is -2.19. The molecular formula is C12H14BN3O4. The quantitative estimate of drug-likeness (QED) is 0.568. The average molecular weight is 275 g/mol. The fourth-order valence-electron chi connectivity index (χ4n) is 1.76. The van der Waals surface area contributed by atoms with Crippen molar-refractivity contribution in [2.24, 2.45) is 7.05 Å². The second kappa shape index (κ2) is 5.85. The first-order valence-electron chi connectivity index (χ1n) is 6.06. The van der Waals surface area contributed by atoms with Gasteiger partial charge in [-0.1, -0.05) is 0 Å². The molecule has 0 aliphatic carbocycles. The molecule has 7 nitrogen and oxygen atoms in total. The molecule has 0 fully saturated rings. The first-order valence-corrected chi connectivity index (χ1v) is 6.06. The molecule has 0 aromatic carbocycles. The van der Waals surface area contributed by atoms with E-state index in [2.05, 4.69) is 10.1 Å². The van der Waals surface area contributed by atoms with Gasteiger partial charge in [-0.15, -0.1) is 0 Å². The van der Waals surface area contributed by atoms with E-state index in [0.29, 0.717) is 11.4 Å². The van der Waals surface area contributed by atoms with Crippen LogP contribution in [0.15, 0.2) is 24.5 Å². The summed E-state index contributed by atoms with van der Waals surface area (Å²) in [6.07, 6.45) is 3.00. The molecule has 2 aromatic rings. The Bertz CT molecular complexity index is 627. The van der Waals surface area contributed by atoms with Crippen molar-refractivity contribution in [2.45, 2.75) is 6.92 Å². The van der Waals surface area contributed by atoms with E-state index < -0.39 is 13.1 Å². The number of pyridine rings is 1. The molecule has 2 heterocycles. The lowest BCUT2D eigenvalue weighted by Crippen LogP contribution is -2.35. The van der Waals surface area contributed by atoms with Crippen molar-refractivity contribution in [3.05, 3.63) is 30.1 Å². The normalized spacial score (nSPS) is 10.4. The van der Waals surface area contributed by atoms with Gasteiger partial charge in [0.15, 0.2) is 0 Å². The van der Waals surface area contributed by atoms with Gasteiger partial charge in [-0.25, -0.2) is 4.79 Å². The summed E-state index contributed by atoms with van der Waals surface area (Å²) in [4.78, 5) is 15.8. The lowest BCUT2D eigenvalue weighted by molar-refractivity contribution is 0.0527. The Morgan fingerprint density at radius 3 is 2.75 bits per heavy atom. The highest BCUT2D eigenvalue weighted by molar-refractivity contribution is 6.60.